The lowest BCUT2D eigenvalue weighted by atomic mass is 10.1. The molecule has 0 amide bonds. The molecule has 0 aromatic carbocycles. The van der Waals surface area contributed by atoms with Gasteiger partial charge in [-0.2, -0.15) is 0 Å². The van der Waals surface area contributed by atoms with E-state index in [1.165, 1.54) is 11.3 Å². The zero-order valence-electron chi connectivity index (χ0n) is 11.0. The predicted octanol–water partition coefficient (Wildman–Crippen LogP) is 4.16. The van der Waals surface area contributed by atoms with Crippen molar-refractivity contribution in [2.75, 3.05) is 7.05 Å². The van der Waals surface area contributed by atoms with Crippen molar-refractivity contribution < 1.29 is 0 Å². The van der Waals surface area contributed by atoms with Gasteiger partial charge in [0.25, 0.3) is 0 Å². The number of hydrogen-bond acceptors (Lipinski definition) is 3. The van der Waals surface area contributed by atoms with Crippen LogP contribution in [0.5, 0.6) is 0 Å². The Kier molecular flexibility index (Phi) is 5.28. The summed E-state index contributed by atoms with van der Waals surface area (Å²) in [5.74, 6) is 1.07. The molecule has 0 spiro atoms. The van der Waals surface area contributed by atoms with Gasteiger partial charge in [-0.05, 0) is 19.5 Å². The van der Waals surface area contributed by atoms with Gasteiger partial charge in [0.2, 0.25) is 0 Å². The lowest BCUT2D eigenvalue weighted by molar-refractivity contribution is 0.544. The lowest BCUT2D eigenvalue weighted by Crippen LogP contribution is -2.20. The molecule has 0 bridgehead atoms. The maximum Gasteiger partial charge on any atom is 0.110 e. The molecule has 0 radical (unpaired) electrons. The molecule has 0 aliphatic carbocycles. The minimum Gasteiger partial charge on any atom is -0.335 e. The van der Waals surface area contributed by atoms with E-state index >= 15 is 0 Å². The van der Waals surface area contributed by atoms with Crippen LogP contribution in [0.4, 0.5) is 0 Å². The van der Waals surface area contributed by atoms with Gasteiger partial charge < -0.3 is 9.88 Å². The van der Waals surface area contributed by atoms with Gasteiger partial charge in [-0.3, -0.25) is 0 Å². The van der Waals surface area contributed by atoms with E-state index in [-0.39, 0.29) is 6.04 Å². The number of thiophene rings is 1. The van der Waals surface area contributed by atoms with Gasteiger partial charge in [-0.1, -0.05) is 30.1 Å². The van der Waals surface area contributed by atoms with Crippen LogP contribution in [0.15, 0.2) is 18.5 Å². The summed E-state index contributed by atoms with van der Waals surface area (Å²) < 4.78 is 3.65. The van der Waals surface area contributed by atoms with Gasteiger partial charge in [-0.25, -0.2) is 4.98 Å². The van der Waals surface area contributed by atoms with Gasteiger partial charge in [-0.15, -0.1) is 11.3 Å². The first kappa shape index (κ1) is 14.9. The first-order valence-electron chi connectivity index (χ1n) is 6.27. The molecule has 0 fully saturated rings. The highest BCUT2D eigenvalue weighted by Gasteiger charge is 2.18. The van der Waals surface area contributed by atoms with E-state index < -0.39 is 0 Å². The summed E-state index contributed by atoms with van der Waals surface area (Å²) in [6, 6.07) is 2.07. The van der Waals surface area contributed by atoms with Crippen molar-refractivity contribution in [2.24, 2.45) is 0 Å². The Morgan fingerprint density at radius 3 is 2.84 bits per heavy atom. The zero-order valence-corrected chi connectivity index (χ0v) is 13.3. The smallest absolute Gasteiger partial charge is 0.110 e. The molecule has 0 aliphatic heterocycles. The number of rotatable bonds is 6. The summed E-state index contributed by atoms with van der Waals surface area (Å²) in [5.41, 5.74) is 1.05. The van der Waals surface area contributed by atoms with Gasteiger partial charge >= 0.3 is 0 Å². The van der Waals surface area contributed by atoms with Crippen molar-refractivity contribution in [2.45, 2.75) is 32.4 Å². The van der Waals surface area contributed by atoms with E-state index in [0.29, 0.717) is 0 Å². The molecule has 2 aromatic heterocycles. The van der Waals surface area contributed by atoms with Crippen molar-refractivity contribution in [3.8, 4) is 0 Å². The third-order valence-corrected chi connectivity index (χ3v) is 4.58. The molecule has 2 aromatic rings. The Bertz CT molecular complexity index is 536. The van der Waals surface area contributed by atoms with Gasteiger partial charge in [0.1, 0.15) is 5.82 Å². The molecule has 6 heteroatoms. The fourth-order valence-electron chi connectivity index (χ4n) is 2.12. The van der Waals surface area contributed by atoms with Gasteiger partial charge in [0.05, 0.1) is 8.67 Å². The molecule has 2 heterocycles. The number of likely N-dealkylation sites (N-methyl/N-ethyl adjacent to an activating group) is 1. The van der Waals surface area contributed by atoms with Gasteiger partial charge in [0, 0.05) is 37.0 Å². The molecule has 0 saturated carbocycles. The Hall–Kier alpha value is -0.550. The number of nitrogens with zero attached hydrogens (tertiary/aromatic N) is 2. The minimum atomic E-state index is 0.134. The summed E-state index contributed by atoms with van der Waals surface area (Å²) >= 11 is 13.6. The molecule has 3 nitrogen and oxygen atoms in total. The number of halogens is 2. The standard InChI is InChI=1S/C13H17Cl2N3S/c1-3-5-18-6-4-17-12(18)8-10(16-2)9-7-11(14)19-13(9)15/h4,6-7,10,16H,3,5,8H2,1-2H3. The third-order valence-electron chi connectivity index (χ3n) is 3.06. The Labute approximate surface area is 127 Å². The molecule has 0 saturated heterocycles. The van der Waals surface area contributed by atoms with Crippen molar-refractivity contribution in [1.29, 1.82) is 0 Å². The summed E-state index contributed by atoms with van der Waals surface area (Å²) in [6.45, 7) is 3.15. The lowest BCUT2D eigenvalue weighted by Gasteiger charge is -2.16. The summed E-state index contributed by atoms with van der Waals surface area (Å²) in [4.78, 5) is 4.43. The van der Waals surface area contributed by atoms with E-state index in [9.17, 15) is 0 Å². The molecular formula is C13H17Cl2N3S. The quantitative estimate of drug-likeness (QED) is 0.866. The summed E-state index contributed by atoms with van der Waals surface area (Å²) in [5, 5.41) is 3.29. The average molecular weight is 318 g/mol. The largest absolute Gasteiger partial charge is 0.335 e. The van der Waals surface area contributed by atoms with Crippen LogP contribution in [0.3, 0.4) is 0 Å². The molecule has 1 N–H and O–H groups in total. The van der Waals surface area contributed by atoms with Crippen LogP contribution in [0.25, 0.3) is 0 Å². The topological polar surface area (TPSA) is 29.9 Å². The van der Waals surface area contributed by atoms with Crippen molar-refractivity contribution in [3.05, 3.63) is 38.5 Å². The second-order valence-electron chi connectivity index (χ2n) is 4.36. The Morgan fingerprint density at radius 2 is 2.26 bits per heavy atom. The maximum absolute atomic E-state index is 6.23. The van der Waals surface area contributed by atoms with Crippen molar-refractivity contribution in [1.82, 2.24) is 14.9 Å². The molecule has 2 rings (SSSR count). The van der Waals surface area contributed by atoms with Crippen LogP contribution in [0.1, 0.15) is 30.8 Å². The first-order valence-corrected chi connectivity index (χ1v) is 7.85. The number of aryl methyl sites for hydroxylation is 1. The number of aromatic nitrogens is 2. The Morgan fingerprint density at radius 1 is 1.47 bits per heavy atom. The van der Waals surface area contributed by atoms with E-state index in [0.717, 1.165) is 39.4 Å². The van der Waals surface area contributed by atoms with Gasteiger partial charge in [0.15, 0.2) is 0 Å². The SMILES string of the molecule is CCCn1ccnc1CC(NC)c1cc(Cl)sc1Cl. The van der Waals surface area contributed by atoms with Crippen LogP contribution in [0.2, 0.25) is 8.67 Å². The van der Waals surface area contributed by atoms with E-state index in [4.69, 9.17) is 23.2 Å². The van der Waals surface area contributed by atoms with Crippen LogP contribution >= 0.6 is 34.5 Å². The second kappa shape index (κ2) is 6.75. The van der Waals surface area contributed by atoms with E-state index in [2.05, 4.69) is 21.8 Å². The van der Waals surface area contributed by atoms with Crippen LogP contribution in [0, 0.1) is 0 Å². The predicted molar refractivity (Wildman–Crippen MR) is 82.4 cm³/mol. The Balaban J connectivity index is 2.19. The molecule has 19 heavy (non-hydrogen) atoms. The summed E-state index contributed by atoms with van der Waals surface area (Å²) in [7, 11) is 1.93. The highest BCUT2D eigenvalue weighted by molar-refractivity contribution is 7.20. The molecule has 104 valence electrons. The van der Waals surface area contributed by atoms with Crippen LogP contribution in [-0.4, -0.2) is 16.6 Å². The monoisotopic (exact) mass is 317 g/mol. The van der Waals surface area contributed by atoms with E-state index in [1.807, 2.05) is 25.5 Å². The number of nitrogens with one attached hydrogen (secondary N) is 1. The highest BCUT2D eigenvalue weighted by atomic mass is 35.5. The molecule has 1 unspecified atom stereocenters. The zero-order chi connectivity index (χ0) is 13.8. The fourth-order valence-corrected chi connectivity index (χ4v) is 3.69. The maximum atomic E-state index is 6.23. The first-order chi connectivity index (χ1) is 9.15. The molecular weight excluding hydrogens is 301 g/mol. The minimum absolute atomic E-state index is 0.134. The van der Waals surface area contributed by atoms with Crippen LogP contribution < -0.4 is 5.32 Å². The van der Waals surface area contributed by atoms with Crippen molar-refractivity contribution in [3.63, 3.8) is 0 Å². The molecule has 1 atom stereocenters. The highest BCUT2D eigenvalue weighted by Crippen LogP contribution is 2.35. The molecule has 0 aliphatic rings. The number of imidazole rings is 1. The average Bonchev–Trinajstić information content (AvgIpc) is 2.94. The number of hydrogen-bond donors (Lipinski definition) is 1. The van der Waals surface area contributed by atoms with Crippen LogP contribution in [-0.2, 0) is 13.0 Å². The van der Waals surface area contributed by atoms with E-state index in [1.54, 1.807) is 0 Å². The second-order valence-corrected chi connectivity index (χ2v) is 6.65. The third kappa shape index (κ3) is 3.51. The summed E-state index contributed by atoms with van der Waals surface area (Å²) in [6.07, 6.45) is 5.77. The van der Waals surface area contributed by atoms with Crippen molar-refractivity contribution >= 4 is 34.5 Å². The normalized spacial score (nSPS) is 12.8. The fraction of sp³-hybridized carbons (Fsp3) is 0.462.